The molecule has 0 aliphatic carbocycles. The molecule has 74 valence electrons. The van der Waals surface area contributed by atoms with E-state index in [0.717, 1.165) is 11.6 Å². The van der Waals surface area contributed by atoms with Gasteiger partial charge in [-0.25, -0.2) is 4.79 Å². The number of allylic oxidation sites excluding steroid dienone is 1. The first-order chi connectivity index (χ1) is 6.58. The third-order valence-corrected chi connectivity index (χ3v) is 1.88. The van der Waals surface area contributed by atoms with Crippen LogP contribution in [0.15, 0.2) is 36.0 Å². The summed E-state index contributed by atoms with van der Waals surface area (Å²) >= 11 is 5.69. The number of hydrogen-bond donors (Lipinski definition) is 2. The average Bonchev–Trinajstić information content (AvgIpc) is 2.07. The van der Waals surface area contributed by atoms with Crippen molar-refractivity contribution in [3.05, 3.63) is 46.6 Å². The second-order valence-electron chi connectivity index (χ2n) is 2.86. The van der Waals surface area contributed by atoms with Crippen LogP contribution in [0.4, 0.5) is 0 Å². The number of carboxylic acids is 1. The monoisotopic (exact) mass is 211 g/mol. The maximum atomic E-state index is 10.3. The maximum Gasteiger partial charge on any atom is 0.330 e. The summed E-state index contributed by atoms with van der Waals surface area (Å²) in [4.78, 5) is 10.3. The van der Waals surface area contributed by atoms with Gasteiger partial charge in [0.15, 0.2) is 0 Å². The van der Waals surface area contributed by atoms with Crippen molar-refractivity contribution in [1.29, 1.82) is 0 Å². The fraction of sp³-hybridized carbons (Fsp3) is 0.100. The van der Waals surface area contributed by atoms with Gasteiger partial charge in [0, 0.05) is 23.2 Å². The van der Waals surface area contributed by atoms with Gasteiger partial charge >= 0.3 is 5.97 Å². The van der Waals surface area contributed by atoms with Gasteiger partial charge in [-0.3, -0.25) is 0 Å². The number of aliphatic carboxylic acids is 1. The largest absolute Gasteiger partial charge is 0.478 e. The molecule has 0 amide bonds. The molecule has 1 aromatic carbocycles. The normalized spacial score (nSPS) is 11.4. The molecule has 0 saturated carbocycles. The summed E-state index contributed by atoms with van der Waals surface area (Å²) < 4.78 is 0. The lowest BCUT2D eigenvalue weighted by atomic mass is 10.1. The summed E-state index contributed by atoms with van der Waals surface area (Å²) in [5.41, 5.74) is 6.75. The molecule has 0 aromatic heterocycles. The van der Waals surface area contributed by atoms with E-state index in [-0.39, 0.29) is 0 Å². The average molecular weight is 212 g/mol. The molecular weight excluding hydrogens is 202 g/mol. The number of carboxylic acid groups (broad SMARTS) is 1. The number of carbonyl (C=O) groups is 1. The number of rotatable bonds is 3. The van der Waals surface area contributed by atoms with E-state index in [1.54, 1.807) is 12.1 Å². The van der Waals surface area contributed by atoms with Gasteiger partial charge in [0.2, 0.25) is 0 Å². The van der Waals surface area contributed by atoms with Crippen molar-refractivity contribution in [2.75, 3.05) is 0 Å². The Balaban J connectivity index is 2.69. The van der Waals surface area contributed by atoms with E-state index in [0.29, 0.717) is 17.1 Å². The first-order valence-corrected chi connectivity index (χ1v) is 4.39. The Hall–Kier alpha value is -1.48. The Bertz CT molecular complexity index is 357. The molecule has 4 heteroatoms. The Labute approximate surface area is 86.8 Å². The number of halogens is 1. The zero-order valence-corrected chi connectivity index (χ0v) is 8.16. The molecule has 0 spiro atoms. The third kappa shape index (κ3) is 3.49. The van der Waals surface area contributed by atoms with Crippen LogP contribution in [0.5, 0.6) is 0 Å². The first kappa shape index (κ1) is 10.6. The molecule has 0 heterocycles. The van der Waals surface area contributed by atoms with Crippen LogP contribution < -0.4 is 5.73 Å². The minimum atomic E-state index is -1.03. The Morgan fingerprint density at radius 3 is 2.50 bits per heavy atom. The summed E-state index contributed by atoms with van der Waals surface area (Å²) in [6.07, 6.45) is 1.41. The molecule has 0 fully saturated rings. The minimum absolute atomic E-state index is 0.319. The minimum Gasteiger partial charge on any atom is -0.478 e. The Morgan fingerprint density at radius 1 is 1.43 bits per heavy atom. The zero-order valence-electron chi connectivity index (χ0n) is 7.40. The van der Waals surface area contributed by atoms with Crippen molar-refractivity contribution in [3.8, 4) is 0 Å². The second kappa shape index (κ2) is 4.67. The van der Waals surface area contributed by atoms with Crippen molar-refractivity contribution in [3.63, 3.8) is 0 Å². The summed E-state index contributed by atoms with van der Waals surface area (Å²) in [5.74, 6) is -1.03. The smallest absolute Gasteiger partial charge is 0.330 e. The highest BCUT2D eigenvalue weighted by molar-refractivity contribution is 6.30. The molecule has 1 rings (SSSR count). The van der Waals surface area contributed by atoms with Gasteiger partial charge in [0.25, 0.3) is 0 Å². The van der Waals surface area contributed by atoms with Crippen LogP contribution in [-0.2, 0) is 11.2 Å². The van der Waals surface area contributed by atoms with Crippen molar-refractivity contribution >= 4 is 17.6 Å². The standard InChI is InChI=1S/C10H10ClNO2/c11-8-3-1-7(2-4-8)5-9(12)6-10(13)14/h1-4,6H,5,12H2,(H,13,14)/b9-6-. The summed E-state index contributed by atoms with van der Waals surface area (Å²) in [6, 6.07) is 7.10. The second-order valence-corrected chi connectivity index (χ2v) is 3.30. The van der Waals surface area contributed by atoms with E-state index < -0.39 is 5.97 Å². The molecule has 0 radical (unpaired) electrons. The van der Waals surface area contributed by atoms with Crippen molar-refractivity contribution in [1.82, 2.24) is 0 Å². The number of hydrogen-bond acceptors (Lipinski definition) is 2. The lowest BCUT2D eigenvalue weighted by Crippen LogP contribution is -2.04. The molecule has 1 aromatic rings. The Morgan fingerprint density at radius 2 is 2.00 bits per heavy atom. The van der Waals surface area contributed by atoms with Crippen molar-refractivity contribution < 1.29 is 9.90 Å². The highest BCUT2D eigenvalue weighted by atomic mass is 35.5. The fourth-order valence-electron chi connectivity index (χ4n) is 1.05. The van der Waals surface area contributed by atoms with E-state index in [1.165, 1.54) is 0 Å². The maximum absolute atomic E-state index is 10.3. The molecular formula is C10H10ClNO2. The topological polar surface area (TPSA) is 63.3 Å². The SMILES string of the molecule is N/C(=C\C(=O)O)Cc1ccc(Cl)cc1. The molecule has 0 bridgehead atoms. The van der Waals surface area contributed by atoms with Crippen molar-refractivity contribution in [2.45, 2.75) is 6.42 Å². The lowest BCUT2D eigenvalue weighted by Gasteiger charge is -2.00. The van der Waals surface area contributed by atoms with Crippen molar-refractivity contribution in [2.24, 2.45) is 5.73 Å². The van der Waals surface area contributed by atoms with Crippen LogP contribution in [0.3, 0.4) is 0 Å². The Kier molecular flexibility index (Phi) is 3.54. The van der Waals surface area contributed by atoms with E-state index >= 15 is 0 Å². The quantitative estimate of drug-likeness (QED) is 0.750. The fourth-order valence-corrected chi connectivity index (χ4v) is 1.17. The predicted octanol–water partition coefficient (Wildman–Crippen LogP) is 1.81. The van der Waals surface area contributed by atoms with Gasteiger partial charge in [-0.05, 0) is 17.7 Å². The molecule has 3 nitrogen and oxygen atoms in total. The molecule has 14 heavy (non-hydrogen) atoms. The van der Waals surface area contributed by atoms with Crippen LogP contribution in [0.2, 0.25) is 5.02 Å². The molecule has 0 aliphatic heterocycles. The van der Waals surface area contributed by atoms with Crippen LogP contribution >= 0.6 is 11.6 Å². The van der Waals surface area contributed by atoms with Crippen LogP contribution in [0.1, 0.15) is 5.56 Å². The summed E-state index contributed by atoms with van der Waals surface area (Å²) in [7, 11) is 0. The van der Waals surface area contributed by atoms with Crippen LogP contribution in [0.25, 0.3) is 0 Å². The summed E-state index contributed by atoms with van der Waals surface area (Å²) in [6.45, 7) is 0. The van der Waals surface area contributed by atoms with Gasteiger partial charge in [0.1, 0.15) is 0 Å². The van der Waals surface area contributed by atoms with Gasteiger partial charge in [-0.15, -0.1) is 0 Å². The van der Waals surface area contributed by atoms with Gasteiger partial charge in [-0.1, -0.05) is 23.7 Å². The highest BCUT2D eigenvalue weighted by Gasteiger charge is 1.98. The lowest BCUT2D eigenvalue weighted by molar-refractivity contribution is -0.131. The first-order valence-electron chi connectivity index (χ1n) is 4.01. The molecule has 3 N–H and O–H groups in total. The van der Waals surface area contributed by atoms with E-state index in [2.05, 4.69) is 0 Å². The van der Waals surface area contributed by atoms with E-state index in [1.807, 2.05) is 12.1 Å². The zero-order chi connectivity index (χ0) is 10.6. The van der Waals surface area contributed by atoms with Gasteiger partial charge in [-0.2, -0.15) is 0 Å². The van der Waals surface area contributed by atoms with Crippen LogP contribution in [-0.4, -0.2) is 11.1 Å². The van der Waals surface area contributed by atoms with Gasteiger partial charge in [0.05, 0.1) is 0 Å². The highest BCUT2D eigenvalue weighted by Crippen LogP contribution is 2.11. The molecule has 0 unspecified atom stereocenters. The summed E-state index contributed by atoms with van der Waals surface area (Å²) in [5, 5.41) is 9.08. The predicted molar refractivity (Wildman–Crippen MR) is 55.1 cm³/mol. The molecule has 0 aliphatic rings. The number of benzene rings is 1. The van der Waals surface area contributed by atoms with Crippen LogP contribution in [0, 0.1) is 0 Å². The molecule has 0 saturated heterocycles. The van der Waals surface area contributed by atoms with Gasteiger partial charge < -0.3 is 10.8 Å². The van der Waals surface area contributed by atoms with E-state index in [4.69, 9.17) is 22.4 Å². The van der Waals surface area contributed by atoms with E-state index in [9.17, 15) is 4.79 Å². The molecule has 0 atom stereocenters. The third-order valence-electron chi connectivity index (χ3n) is 1.63. The number of nitrogens with two attached hydrogens (primary N) is 1.